The van der Waals surface area contributed by atoms with Crippen molar-refractivity contribution in [2.45, 2.75) is 52.6 Å². The molecule has 0 fully saturated rings. The minimum atomic E-state index is -1.16. The smallest absolute Gasteiger partial charge is 0.262 e. The molecule has 2 atom stereocenters. The predicted molar refractivity (Wildman–Crippen MR) is 124 cm³/mol. The minimum Gasteiger partial charge on any atom is -0.279 e. The maximum absolute atomic E-state index is 13.0. The number of benzene rings is 1. The summed E-state index contributed by atoms with van der Waals surface area (Å²) in [7, 11) is 0. The largest absolute Gasteiger partial charge is 0.279 e. The Kier molecular flexibility index (Phi) is 6.58. The number of nitrogens with zero attached hydrogens (tertiary/aromatic N) is 2. The van der Waals surface area contributed by atoms with Crippen molar-refractivity contribution in [1.29, 1.82) is 0 Å². The lowest BCUT2D eigenvalue weighted by Crippen LogP contribution is -2.34. The third kappa shape index (κ3) is 3.97. The van der Waals surface area contributed by atoms with Crippen LogP contribution in [-0.2, 0) is 9.59 Å². The highest BCUT2D eigenvalue weighted by Gasteiger charge is 2.30. The molecule has 0 amide bonds. The first-order valence-corrected chi connectivity index (χ1v) is 10.9. The Balaban J connectivity index is 2.35. The molecule has 3 rings (SSSR count). The van der Waals surface area contributed by atoms with Crippen molar-refractivity contribution in [3.8, 4) is 0 Å². The second-order valence-corrected chi connectivity index (χ2v) is 9.55. The van der Waals surface area contributed by atoms with Gasteiger partial charge in [0, 0.05) is 0 Å². The van der Waals surface area contributed by atoms with Crippen LogP contribution in [0.5, 0.6) is 0 Å². The number of rotatable bonds is 8. The third-order valence-electron chi connectivity index (χ3n) is 5.49. The van der Waals surface area contributed by atoms with Gasteiger partial charge in [-0.3, -0.25) is 37.9 Å². The lowest BCUT2D eigenvalue weighted by Gasteiger charge is -2.15. The first kappa shape index (κ1) is 24.1. The monoisotopic (exact) mass is 480 g/mol. The van der Waals surface area contributed by atoms with Gasteiger partial charge in [-0.25, -0.2) is 0 Å². The first-order chi connectivity index (χ1) is 14.9. The molecule has 0 bridgehead atoms. The van der Waals surface area contributed by atoms with Crippen LogP contribution in [0.4, 0.5) is 0 Å². The summed E-state index contributed by atoms with van der Waals surface area (Å²) < 4.78 is 1.57. The van der Waals surface area contributed by atoms with Gasteiger partial charge in [0.1, 0.15) is 12.1 Å². The average Bonchev–Trinajstić information content (AvgIpc) is 3.07. The van der Waals surface area contributed by atoms with Gasteiger partial charge >= 0.3 is 0 Å². The molecule has 0 aliphatic heterocycles. The van der Waals surface area contributed by atoms with Crippen molar-refractivity contribution in [2.75, 3.05) is 0 Å². The van der Waals surface area contributed by atoms with Crippen molar-refractivity contribution >= 4 is 55.2 Å². The van der Waals surface area contributed by atoms with Crippen molar-refractivity contribution < 1.29 is 9.59 Å². The molecule has 2 unspecified atom stereocenters. The van der Waals surface area contributed by atoms with Crippen LogP contribution >= 0.6 is 23.2 Å². The molecule has 0 aliphatic rings. The zero-order valence-corrected chi connectivity index (χ0v) is 19.5. The molecule has 32 heavy (non-hydrogen) atoms. The molecule has 8 nitrogen and oxygen atoms in total. The summed E-state index contributed by atoms with van der Waals surface area (Å²) >= 11 is 11.3. The number of hydrogen-bond acceptors (Lipinski definition) is 6. The van der Waals surface area contributed by atoms with E-state index in [1.54, 1.807) is 0 Å². The van der Waals surface area contributed by atoms with Crippen molar-refractivity contribution in [2.24, 2.45) is 11.8 Å². The van der Waals surface area contributed by atoms with Crippen LogP contribution in [0, 0.1) is 11.8 Å². The second-order valence-electron chi connectivity index (χ2n) is 8.80. The topological polar surface area (TPSA) is 112 Å². The summed E-state index contributed by atoms with van der Waals surface area (Å²) in [5.74, 6) is -0.0561. The molecule has 1 aromatic carbocycles. The summed E-state index contributed by atoms with van der Waals surface area (Å²) in [5, 5.41) is -2.09. The number of aromatic nitrogens is 2. The van der Waals surface area contributed by atoms with Crippen LogP contribution in [0.1, 0.15) is 52.6 Å². The molecular weight excluding hydrogens is 459 g/mol. The Hall–Kier alpha value is -2.58. The molecule has 170 valence electrons. The minimum absolute atomic E-state index is 0.0280. The fourth-order valence-corrected chi connectivity index (χ4v) is 4.44. The standard InChI is InChI=1S/C22H22Cl2N2O6/c1-9(2)5-15(17(23)27)25-19(29)11-7-13-14(8-12(11)20(25)30)22(32)26(21(13)31)16(18(24)28)6-10(3)4/h7-10,15-16H,5-6H2,1-4H3. The third-order valence-corrected chi connectivity index (χ3v) is 5.99. The van der Waals surface area contributed by atoms with Gasteiger partial charge in [0.05, 0.1) is 21.5 Å². The van der Waals surface area contributed by atoms with Crippen molar-refractivity contribution in [3.05, 3.63) is 53.5 Å². The van der Waals surface area contributed by atoms with Crippen LogP contribution in [-0.4, -0.2) is 19.6 Å². The number of hydrogen-bond donors (Lipinski definition) is 0. The van der Waals surface area contributed by atoms with Gasteiger partial charge < -0.3 is 0 Å². The highest BCUT2D eigenvalue weighted by molar-refractivity contribution is 6.64. The molecule has 3 aromatic rings. The summed E-state index contributed by atoms with van der Waals surface area (Å²) in [6.07, 6.45) is 0.349. The molecule has 0 saturated heterocycles. The summed E-state index contributed by atoms with van der Waals surface area (Å²) in [5.41, 5.74) is -3.06. The SMILES string of the molecule is CC(C)CC(C(=O)Cl)n1c(=O)c2cc3c(=O)n(C(CC(C)C)C(=O)Cl)c(=O)c3cc2c1=O. The molecule has 0 radical (unpaired) electrons. The molecule has 2 heterocycles. The van der Waals surface area contributed by atoms with Crippen LogP contribution in [0.25, 0.3) is 21.5 Å². The molecule has 0 N–H and O–H groups in total. The lowest BCUT2D eigenvalue weighted by atomic mass is 10.0. The average molecular weight is 481 g/mol. The maximum Gasteiger partial charge on any atom is 0.262 e. The zero-order valence-electron chi connectivity index (χ0n) is 18.0. The van der Waals surface area contributed by atoms with Gasteiger partial charge in [0.15, 0.2) is 0 Å². The van der Waals surface area contributed by atoms with Crippen molar-refractivity contribution in [3.63, 3.8) is 0 Å². The predicted octanol–water partition coefficient (Wildman–Crippen LogP) is 2.62. The molecule has 2 aromatic heterocycles. The zero-order chi connectivity index (χ0) is 24.1. The quantitative estimate of drug-likeness (QED) is 0.458. The molecule has 10 heteroatoms. The normalized spacial score (nSPS) is 14.0. The Labute approximate surface area is 192 Å². The number of halogens is 2. The fourth-order valence-electron chi connectivity index (χ4n) is 4.07. The van der Waals surface area contributed by atoms with E-state index >= 15 is 0 Å². The van der Waals surface area contributed by atoms with E-state index in [9.17, 15) is 28.8 Å². The Morgan fingerprint density at radius 1 is 0.656 bits per heavy atom. The van der Waals surface area contributed by atoms with Crippen LogP contribution in [0.15, 0.2) is 31.3 Å². The van der Waals surface area contributed by atoms with E-state index < -0.39 is 44.8 Å². The summed E-state index contributed by atoms with van der Waals surface area (Å²) in [6, 6.07) is 0.0141. The maximum atomic E-state index is 13.0. The van der Waals surface area contributed by atoms with E-state index in [4.69, 9.17) is 23.2 Å². The highest BCUT2D eigenvalue weighted by atomic mass is 35.5. The molecular formula is C22H22Cl2N2O6. The lowest BCUT2D eigenvalue weighted by molar-refractivity contribution is -0.115. The van der Waals surface area contributed by atoms with Gasteiger partial charge in [0.25, 0.3) is 22.2 Å². The molecule has 0 aliphatic carbocycles. The number of carbonyl (C=O) groups excluding carboxylic acids is 2. The van der Waals surface area contributed by atoms with Crippen LogP contribution < -0.4 is 22.2 Å². The van der Waals surface area contributed by atoms with E-state index in [-0.39, 0.29) is 46.2 Å². The fraction of sp³-hybridized carbons (Fsp3) is 0.455. The number of carbonyl (C=O) groups is 2. The van der Waals surface area contributed by atoms with Gasteiger partial charge in [-0.05, 0) is 60.0 Å². The molecule has 0 saturated carbocycles. The number of fused-ring (bicyclic) bond motifs is 2. The summed E-state index contributed by atoms with van der Waals surface area (Å²) in [4.78, 5) is 75.9. The summed E-state index contributed by atoms with van der Waals surface area (Å²) in [6.45, 7) is 7.27. The second kappa shape index (κ2) is 8.75. The van der Waals surface area contributed by atoms with Crippen LogP contribution in [0.2, 0.25) is 0 Å². The van der Waals surface area contributed by atoms with Gasteiger partial charge in [-0.15, -0.1) is 0 Å². The first-order valence-electron chi connectivity index (χ1n) is 10.2. The van der Waals surface area contributed by atoms with E-state index in [1.807, 2.05) is 27.7 Å². The Bertz CT molecular complexity index is 1250. The van der Waals surface area contributed by atoms with Crippen LogP contribution in [0.3, 0.4) is 0 Å². The van der Waals surface area contributed by atoms with E-state index in [1.165, 1.54) is 12.1 Å². The van der Waals surface area contributed by atoms with E-state index in [2.05, 4.69) is 0 Å². The van der Waals surface area contributed by atoms with E-state index in [0.29, 0.717) is 0 Å². The highest BCUT2D eigenvalue weighted by Crippen LogP contribution is 2.23. The Morgan fingerprint density at radius 2 is 0.906 bits per heavy atom. The van der Waals surface area contributed by atoms with Crippen molar-refractivity contribution in [1.82, 2.24) is 9.13 Å². The van der Waals surface area contributed by atoms with Gasteiger partial charge in [0.2, 0.25) is 10.5 Å². The van der Waals surface area contributed by atoms with E-state index in [0.717, 1.165) is 9.13 Å². The van der Waals surface area contributed by atoms with Gasteiger partial charge in [-0.2, -0.15) is 0 Å². The Morgan fingerprint density at radius 3 is 1.09 bits per heavy atom. The molecule has 0 spiro atoms. The van der Waals surface area contributed by atoms with Gasteiger partial charge in [-0.1, -0.05) is 27.7 Å².